The van der Waals surface area contributed by atoms with Gasteiger partial charge in [-0.25, -0.2) is 9.18 Å². The SMILES string of the molecule is O=C(O)c1cc2ccsc2n1Cc1cccc2ccc(F)cc12. The quantitative estimate of drug-likeness (QED) is 0.591. The fraction of sp³-hybridized carbons (Fsp3) is 0.0556. The van der Waals surface area contributed by atoms with Crippen LogP contribution in [0.25, 0.3) is 21.0 Å². The summed E-state index contributed by atoms with van der Waals surface area (Å²) in [7, 11) is 0. The van der Waals surface area contributed by atoms with Crippen LogP contribution in [0.5, 0.6) is 0 Å². The van der Waals surface area contributed by atoms with E-state index >= 15 is 0 Å². The first-order chi connectivity index (χ1) is 11.1. The van der Waals surface area contributed by atoms with Gasteiger partial charge in [-0.05, 0) is 46.0 Å². The van der Waals surface area contributed by atoms with Gasteiger partial charge >= 0.3 is 5.97 Å². The van der Waals surface area contributed by atoms with Crippen molar-refractivity contribution in [1.82, 2.24) is 4.57 Å². The molecular weight excluding hydrogens is 313 g/mol. The Kier molecular flexibility index (Phi) is 3.16. The van der Waals surface area contributed by atoms with E-state index in [2.05, 4.69) is 0 Å². The molecule has 2 heterocycles. The van der Waals surface area contributed by atoms with Gasteiger partial charge < -0.3 is 9.67 Å². The zero-order chi connectivity index (χ0) is 16.0. The maximum Gasteiger partial charge on any atom is 0.352 e. The Hall–Kier alpha value is -2.66. The number of thiophene rings is 1. The number of hydrogen-bond acceptors (Lipinski definition) is 2. The third kappa shape index (κ3) is 2.29. The lowest BCUT2D eigenvalue weighted by molar-refractivity contribution is 0.0686. The van der Waals surface area contributed by atoms with Gasteiger partial charge in [-0.2, -0.15) is 0 Å². The number of carbonyl (C=O) groups is 1. The molecule has 3 nitrogen and oxygen atoms in total. The number of rotatable bonds is 3. The van der Waals surface area contributed by atoms with Crippen molar-refractivity contribution in [3.63, 3.8) is 0 Å². The number of nitrogens with zero attached hydrogens (tertiary/aromatic N) is 1. The van der Waals surface area contributed by atoms with Gasteiger partial charge in [0.2, 0.25) is 0 Å². The molecule has 0 radical (unpaired) electrons. The summed E-state index contributed by atoms with van der Waals surface area (Å²) < 4.78 is 15.4. The molecule has 4 rings (SSSR count). The minimum Gasteiger partial charge on any atom is -0.477 e. The van der Waals surface area contributed by atoms with Crippen LogP contribution in [0.1, 0.15) is 16.1 Å². The maximum atomic E-state index is 13.6. The van der Waals surface area contributed by atoms with Gasteiger partial charge in [-0.15, -0.1) is 11.3 Å². The molecule has 0 aliphatic heterocycles. The van der Waals surface area contributed by atoms with E-state index in [1.54, 1.807) is 16.7 Å². The molecule has 114 valence electrons. The number of carboxylic acid groups (broad SMARTS) is 1. The minimum atomic E-state index is -0.959. The lowest BCUT2D eigenvalue weighted by Gasteiger charge is -2.10. The van der Waals surface area contributed by atoms with E-state index < -0.39 is 5.97 Å². The van der Waals surface area contributed by atoms with Crippen LogP contribution in [0.4, 0.5) is 4.39 Å². The number of aromatic carboxylic acids is 1. The van der Waals surface area contributed by atoms with E-state index in [0.717, 1.165) is 26.6 Å². The van der Waals surface area contributed by atoms with Crippen molar-refractivity contribution < 1.29 is 14.3 Å². The highest BCUT2D eigenvalue weighted by Crippen LogP contribution is 2.28. The highest BCUT2D eigenvalue weighted by molar-refractivity contribution is 7.16. The number of fused-ring (bicyclic) bond motifs is 2. The summed E-state index contributed by atoms with van der Waals surface area (Å²) in [5.74, 6) is -1.25. The fourth-order valence-corrected chi connectivity index (χ4v) is 3.82. The van der Waals surface area contributed by atoms with Gasteiger partial charge in [-0.1, -0.05) is 24.3 Å². The largest absolute Gasteiger partial charge is 0.477 e. The molecule has 0 fully saturated rings. The maximum absolute atomic E-state index is 13.6. The lowest BCUT2D eigenvalue weighted by atomic mass is 10.0. The molecule has 0 saturated carbocycles. The van der Waals surface area contributed by atoms with Gasteiger partial charge in [0.1, 0.15) is 16.3 Å². The summed E-state index contributed by atoms with van der Waals surface area (Å²) in [6.07, 6.45) is 0. The van der Waals surface area contributed by atoms with Crippen LogP contribution >= 0.6 is 11.3 Å². The molecule has 0 aliphatic rings. The molecular formula is C18H12FNO2S. The zero-order valence-corrected chi connectivity index (χ0v) is 12.8. The smallest absolute Gasteiger partial charge is 0.352 e. The van der Waals surface area contributed by atoms with Gasteiger partial charge in [-0.3, -0.25) is 0 Å². The van der Waals surface area contributed by atoms with Gasteiger partial charge in [0.05, 0.1) is 0 Å². The second-order valence-corrected chi connectivity index (χ2v) is 6.28. The van der Waals surface area contributed by atoms with Crippen molar-refractivity contribution in [2.24, 2.45) is 0 Å². The normalized spacial score (nSPS) is 11.3. The Morgan fingerprint density at radius 3 is 2.83 bits per heavy atom. The lowest BCUT2D eigenvalue weighted by Crippen LogP contribution is -2.09. The first-order valence-electron chi connectivity index (χ1n) is 7.10. The van der Waals surface area contributed by atoms with Gasteiger partial charge in [0, 0.05) is 11.9 Å². The minimum absolute atomic E-state index is 0.250. The Morgan fingerprint density at radius 2 is 2.00 bits per heavy atom. The molecule has 0 amide bonds. The van der Waals surface area contributed by atoms with E-state index in [4.69, 9.17) is 0 Å². The van der Waals surface area contributed by atoms with Crippen molar-refractivity contribution in [2.45, 2.75) is 6.54 Å². The fourth-order valence-electron chi connectivity index (χ4n) is 2.93. The van der Waals surface area contributed by atoms with Crippen LogP contribution in [-0.4, -0.2) is 15.6 Å². The third-order valence-corrected chi connectivity index (χ3v) is 4.94. The van der Waals surface area contributed by atoms with E-state index in [9.17, 15) is 14.3 Å². The number of benzene rings is 2. The molecule has 4 aromatic rings. The van der Waals surface area contributed by atoms with Crippen molar-refractivity contribution in [2.75, 3.05) is 0 Å². The highest BCUT2D eigenvalue weighted by atomic mass is 32.1. The molecule has 0 bridgehead atoms. The molecule has 0 saturated heterocycles. The summed E-state index contributed by atoms with van der Waals surface area (Å²) in [6, 6.07) is 14.0. The second kappa shape index (κ2) is 5.21. The van der Waals surface area contributed by atoms with Gasteiger partial charge in [0.15, 0.2) is 0 Å². The average molecular weight is 325 g/mol. The van der Waals surface area contributed by atoms with E-state index in [1.807, 2.05) is 29.6 Å². The van der Waals surface area contributed by atoms with Crippen molar-refractivity contribution in [3.05, 3.63) is 71.0 Å². The zero-order valence-electron chi connectivity index (χ0n) is 12.0. The van der Waals surface area contributed by atoms with E-state index in [-0.39, 0.29) is 11.5 Å². The van der Waals surface area contributed by atoms with Crippen molar-refractivity contribution >= 4 is 38.3 Å². The van der Waals surface area contributed by atoms with Gasteiger partial charge in [0.25, 0.3) is 0 Å². The Morgan fingerprint density at radius 1 is 1.13 bits per heavy atom. The third-order valence-electron chi connectivity index (χ3n) is 3.98. The van der Waals surface area contributed by atoms with Crippen LogP contribution in [0, 0.1) is 5.82 Å². The van der Waals surface area contributed by atoms with Crippen molar-refractivity contribution in [3.8, 4) is 0 Å². The monoisotopic (exact) mass is 325 g/mol. The molecule has 0 unspecified atom stereocenters. The highest BCUT2D eigenvalue weighted by Gasteiger charge is 2.16. The topological polar surface area (TPSA) is 42.2 Å². The summed E-state index contributed by atoms with van der Waals surface area (Å²) in [6.45, 7) is 0.395. The summed E-state index contributed by atoms with van der Waals surface area (Å²) in [5.41, 5.74) is 1.15. The van der Waals surface area contributed by atoms with Crippen molar-refractivity contribution in [1.29, 1.82) is 0 Å². The molecule has 0 spiro atoms. The van der Waals surface area contributed by atoms with Crippen LogP contribution in [0.2, 0.25) is 0 Å². The standard InChI is InChI=1S/C18H12FNO2S/c19-14-5-4-11-2-1-3-13(15(11)9-14)10-20-16(18(21)22)8-12-6-7-23-17(12)20/h1-9H,10H2,(H,21,22). The van der Waals surface area contributed by atoms with Crippen LogP contribution in [-0.2, 0) is 6.54 Å². The number of hydrogen-bond donors (Lipinski definition) is 1. The summed E-state index contributed by atoms with van der Waals surface area (Å²) in [5, 5.41) is 14.0. The predicted molar refractivity (Wildman–Crippen MR) is 89.8 cm³/mol. The predicted octanol–water partition coefficient (Wildman–Crippen LogP) is 4.74. The Labute approximate surface area is 135 Å². The number of carboxylic acids is 1. The molecule has 2 aromatic heterocycles. The molecule has 0 atom stereocenters. The second-order valence-electron chi connectivity index (χ2n) is 5.38. The average Bonchev–Trinajstić information content (AvgIpc) is 3.10. The van der Waals surface area contributed by atoms with Crippen LogP contribution in [0.15, 0.2) is 53.9 Å². The van der Waals surface area contributed by atoms with Crippen LogP contribution < -0.4 is 0 Å². The first kappa shape index (κ1) is 14.0. The molecule has 5 heteroatoms. The Bertz CT molecular complexity index is 1050. The summed E-state index contributed by atoms with van der Waals surface area (Å²) in [4.78, 5) is 12.4. The van der Waals surface area contributed by atoms with E-state index in [0.29, 0.717) is 6.54 Å². The molecule has 1 N–H and O–H groups in total. The number of halogens is 1. The molecule has 0 aliphatic carbocycles. The molecule has 23 heavy (non-hydrogen) atoms. The van der Waals surface area contributed by atoms with Crippen LogP contribution in [0.3, 0.4) is 0 Å². The molecule has 2 aromatic carbocycles. The summed E-state index contributed by atoms with van der Waals surface area (Å²) >= 11 is 1.51. The van der Waals surface area contributed by atoms with E-state index in [1.165, 1.54) is 23.5 Å². The Balaban J connectivity index is 1.91. The first-order valence-corrected chi connectivity index (χ1v) is 7.98. The number of aromatic nitrogens is 1.